The van der Waals surface area contributed by atoms with Gasteiger partial charge in [0, 0.05) is 41.3 Å². The van der Waals surface area contributed by atoms with Crippen molar-refractivity contribution in [3.63, 3.8) is 0 Å². The topological polar surface area (TPSA) is 104 Å². The Morgan fingerprint density at radius 2 is 2.15 bits per heavy atom. The summed E-state index contributed by atoms with van der Waals surface area (Å²) in [6.45, 7) is 3.22. The largest absolute Gasteiger partial charge is 0.495 e. The number of nitrogen functional groups attached to an aromatic ring is 1. The minimum Gasteiger partial charge on any atom is -0.495 e. The van der Waals surface area contributed by atoms with Crippen LogP contribution in [0.15, 0.2) is 24.5 Å². The maximum Gasteiger partial charge on any atom is 0.223 e. The number of carbonyl (C=O) groups excluding carboxylic acids is 1. The molecule has 1 aliphatic heterocycles. The average molecular weight is 466 g/mol. The predicted molar refractivity (Wildman–Crippen MR) is 130 cm³/mol. The van der Waals surface area contributed by atoms with Crippen LogP contribution in [0.5, 0.6) is 5.75 Å². The second kappa shape index (κ2) is 8.64. The lowest BCUT2D eigenvalue weighted by Crippen LogP contribution is -2.19. The summed E-state index contributed by atoms with van der Waals surface area (Å²) >= 11 is 1.66. The van der Waals surface area contributed by atoms with Gasteiger partial charge in [-0.25, -0.2) is 9.50 Å². The number of hydrogen-bond donors (Lipinski definition) is 2. The first-order chi connectivity index (χ1) is 16.0. The van der Waals surface area contributed by atoms with Gasteiger partial charge in [-0.1, -0.05) is 6.07 Å². The molecule has 9 heteroatoms. The average Bonchev–Trinajstić information content (AvgIpc) is 3.48. The predicted octanol–water partition coefficient (Wildman–Crippen LogP) is 3.73. The molecular weight excluding hydrogens is 438 g/mol. The van der Waals surface area contributed by atoms with E-state index in [1.807, 2.05) is 10.6 Å². The van der Waals surface area contributed by atoms with Crippen molar-refractivity contribution in [3.8, 4) is 16.2 Å². The number of anilines is 1. The summed E-state index contributed by atoms with van der Waals surface area (Å²) in [5.74, 6) is 1.42. The molecule has 1 aromatic carbocycles. The second-order valence-electron chi connectivity index (χ2n) is 8.45. The van der Waals surface area contributed by atoms with E-state index in [2.05, 4.69) is 34.5 Å². The summed E-state index contributed by atoms with van der Waals surface area (Å²) in [7, 11) is 3.38. The Kier molecular flexibility index (Phi) is 5.67. The quantitative estimate of drug-likeness (QED) is 0.431. The van der Waals surface area contributed by atoms with Crippen LogP contribution in [0.4, 0.5) is 5.82 Å². The van der Waals surface area contributed by atoms with Crippen LogP contribution in [0.3, 0.4) is 0 Å². The summed E-state index contributed by atoms with van der Waals surface area (Å²) in [5.41, 5.74) is 11.3. The smallest absolute Gasteiger partial charge is 0.223 e. The zero-order valence-electron chi connectivity index (χ0n) is 19.0. The Labute approximate surface area is 195 Å². The van der Waals surface area contributed by atoms with E-state index in [1.165, 1.54) is 6.33 Å². The minimum absolute atomic E-state index is 0.0186. The number of methoxy groups -OCH3 is 2. The molecule has 172 valence electrons. The fourth-order valence-electron chi connectivity index (χ4n) is 4.81. The fraction of sp³-hybridized carbons (Fsp3) is 0.375. The zero-order valence-corrected chi connectivity index (χ0v) is 19.8. The molecule has 0 unspecified atom stereocenters. The highest BCUT2D eigenvalue weighted by Gasteiger charge is 2.28. The number of aromatic nitrogens is 3. The summed E-state index contributed by atoms with van der Waals surface area (Å²) < 4.78 is 14.2. The Hall–Kier alpha value is -3.17. The van der Waals surface area contributed by atoms with E-state index in [4.69, 9.17) is 15.2 Å². The summed E-state index contributed by atoms with van der Waals surface area (Å²) in [4.78, 5) is 17.5. The molecule has 3 N–H and O–H groups in total. The third kappa shape index (κ3) is 3.71. The molecule has 5 rings (SSSR count). The van der Waals surface area contributed by atoms with E-state index in [9.17, 15) is 4.79 Å². The molecule has 8 nitrogen and oxygen atoms in total. The van der Waals surface area contributed by atoms with Crippen LogP contribution in [0.2, 0.25) is 0 Å². The number of carbonyl (C=O) groups is 1. The Morgan fingerprint density at radius 3 is 2.88 bits per heavy atom. The molecular formula is C24H27N5O3S. The number of thiophene rings is 1. The fourth-order valence-corrected chi connectivity index (χ4v) is 6.02. The first kappa shape index (κ1) is 21.7. The van der Waals surface area contributed by atoms with Crippen molar-refractivity contribution in [2.75, 3.05) is 26.5 Å². The van der Waals surface area contributed by atoms with Gasteiger partial charge in [0.1, 0.15) is 17.6 Å². The number of ether oxygens (including phenoxy) is 2. The number of fused-ring (bicyclic) bond motifs is 2. The summed E-state index contributed by atoms with van der Waals surface area (Å²) in [6, 6.07) is 6.38. The molecule has 0 spiro atoms. The number of nitrogens with one attached hydrogen (secondary N) is 1. The minimum atomic E-state index is 0.0186. The molecule has 1 saturated heterocycles. The lowest BCUT2D eigenvalue weighted by Gasteiger charge is -2.09. The van der Waals surface area contributed by atoms with E-state index in [1.54, 1.807) is 25.6 Å². The van der Waals surface area contributed by atoms with Gasteiger partial charge in [0.2, 0.25) is 5.91 Å². The van der Waals surface area contributed by atoms with Crippen LogP contribution in [-0.4, -0.2) is 41.3 Å². The van der Waals surface area contributed by atoms with Crippen LogP contribution < -0.4 is 15.8 Å². The third-order valence-corrected chi connectivity index (χ3v) is 7.52. The Balaban J connectivity index is 1.70. The maximum absolute atomic E-state index is 12.1. The Morgan fingerprint density at radius 1 is 1.30 bits per heavy atom. The maximum atomic E-state index is 12.1. The van der Waals surface area contributed by atoms with Crippen LogP contribution in [-0.2, 0) is 22.6 Å². The molecule has 1 amide bonds. The third-order valence-electron chi connectivity index (χ3n) is 6.33. The molecule has 3 aromatic heterocycles. The highest BCUT2D eigenvalue weighted by Crippen LogP contribution is 2.44. The van der Waals surface area contributed by atoms with Gasteiger partial charge in [0.25, 0.3) is 0 Å². The van der Waals surface area contributed by atoms with Gasteiger partial charge in [-0.2, -0.15) is 5.10 Å². The SMILES string of the molecule is COCc1c(-c2cc3cc(C)cc(OC)c3s2)c2c(N)ncnn2c1CC[C@@H]1CCNC1=O. The lowest BCUT2D eigenvalue weighted by atomic mass is 9.98. The number of nitrogens with two attached hydrogens (primary N) is 1. The highest BCUT2D eigenvalue weighted by atomic mass is 32.1. The van der Waals surface area contributed by atoms with Crippen molar-refractivity contribution < 1.29 is 14.3 Å². The molecule has 4 aromatic rings. The molecule has 4 heterocycles. The standard InChI is InChI=1S/C24H27N5O3S/c1-13-8-15-10-19(33-22(15)18(9-13)32-3)20-16(11-31-2)17(5-4-14-6-7-26-24(14)30)29-21(20)23(25)27-12-28-29/h8-10,12,14H,4-7,11H2,1-3H3,(H,26,30)(H2,25,27,28)/t14-/m1/s1. The van der Waals surface area contributed by atoms with Gasteiger partial charge in [-0.05, 0) is 49.3 Å². The molecule has 0 bridgehead atoms. The van der Waals surface area contributed by atoms with E-state index in [0.29, 0.717) is 18.8 Å². The number of aryl methyl sites for hydroxylation is 2. The first-order valence-electron chi connectivity index (χ1n) is 11.0. The van der Waals surface area contributed by atoms with E-state index < -0.39 is 0 Å². The highest BCUT2D eigenvalue weighted by molar-refractivity contribution is 7.22. The molecule has 33 heavy (non-hydrogen) atoms. The number of benzene rings is 1. The van der Waals surface area contributed by atoms with Crippen LogP contribution in [0, 0.1) is 12.8 Å². The summed E-state index contributed by atoms with van der Waals surface area (Å²) in [5, 5.41) is 8.59. The van der Waals surface area contributed by atoms with Crippen molar-refractivity contribution in [1.29, 1.82) is 0 Å². The molecule has 1 atom stereocenters. The second-order valence-corrected chi connectivity index (χ2v) is 9.50. The first-order valence-corrected chi connectivity index (χ1v) is 11.8. The van der Waals surface area contributed by atoms with E-state index >= 15 is 0 Å². The normalized spacial score (nSPS) is 16.1. The molecule has 0 radical (unpaired) electrons. The lowest BCUT2D eigenvalue weighted by molar-refractivity contribution is -0.122. The Bertz CT molecular complexity index is 1360. The van der Waals surface area contributed by atoms with Crippen LogP contribution in [0.1, 0.15) is 29.7 Å². The van der Waals surface area contributed by atoms with Crippen molar-refractivity contribution >= 4 is 38.7 Å². The van der Waals surface area contributed by atoms with Gasteiger partial charge >= 0.3 is 0 Å². The van der Waals surface area contributed by atoms with Crippen molar-refractivity contribution in [2.45, 2.75) is 32.8 Å². The van der Waals surface area contributed by atoms with Crippen molar-refractivity contribution in [1.82, 2.24) is 19.9 Å². The number of nitrogens with zero attached hydrogens (tertiary/aromatic N) is 3. The van der Waals surface area contributed by atoms with Crippen molar-refractivity contribution in [3.05, 3.63) is 41.3 Å². The molecule has 1 fully saturated rings. The van der Waals surface area contributed by atoms with Gasteiger partial charge < -0.3 is 20.5 Å². The molecule has 0 aliphatic carbocycles. The number of amides is 1. The molecule has 0 saturated carbocycles. The van der Waals surface area contributed by atoms with E-state index in [0.717, 1.165) is 68.0 Å². The van der Waals surface area contributed by atoms with Crippen LogP contribution >= 0.6 is 11.3 Å². The number of rotatable bonds is 7. The number of hydrogen-bond acceptors (Lipinski definition) is 7. The van der Waals surface area contributed by atoms with Crippen LogP contribution in [0.25, 0.3) is 26.0 Å². The van der Waals surface area contributed by atoms with Gasteiger partial charge in [0.05, 0.1) is 18.4 Å². The van der Waals surface area contributed by atoms with Gasteiger partial charge in [-0.15, -0.1) is 11.3 Å². The van der Waals surface area contributed by atoms with Gasteiger partial charge in [0.15, 0.2) is 5.82 Å². The van der Waals surface area contributed by atoms with E-state index in [-0.39, 0.29) is 11.8 Å². The van der Waals surface area contributed by atoms with Crippen molar-refractivity contribution in [2.24, 2.45) is 5.92 Å². The molecule has 1 aliphatic rings. The zero-order chi connectivity index (χ0) is 23.1. The van der Waals surface area contributed by atoms with Gasteiger partial charge in [-0.3, -0.25) is 4.79 Å². The summed E-state index contributed by atoms with van der Waals surface area (Å²) in [6.07, 6.45) is 3.78. The monoisotopic (exact) mass is 465 g/mol.